The van der Waals surface area contributed by atoms with Gasteiger partial charge in [-0.2, -0.15) is 0 Å². The average Bonchev–Trinajstić information content (AvgIpc) is 2.33. The van der Waals surface area contributed by atoms with Crippen LogP contribution in [0, 0.1) is 5.41 Å². The Morgan fingerprint density at radius 1 is 1.39 bits per heavy atom. The van der Waals surface area contributed by atoms with Gasteiger partial charge in [-0.25, -0.2) is 0 Å². The quantitative estimate of drug-likeness (QED) is 0.872. The van der Waals surface area contributed by atoms with E-state index >= 15 is 0 Å². The van der Waals surface area contributed by atoms with E-state index in [1.54, 1.807) is 0 Å². The number of piperidine rings is 1. The minimum absolute atomic E-state index is 0. The van der Waals surface area contributed by atoms with Crippen LogP contribution in [-0.2, 0) is 4.79 Å². The Morgan fingerprint density at radius 3 is 2.61 bits per heavy atom. The van der Waals surface area contributed by atoms with E-state index in [0.717, 1.165) is 36.1 Å². The molecule has 5 heteroatoms. The number of hydrogen-bond donors (Lipinski definition) is 2. The van der Waals surface area contributed by atoms with Gasteiger partial charge in [0.1, 0.15) is 0 Å². The highest BCUT2D eigenvalue weighted by Crippen LogP contribution is 2.27. The lowest BCUT2D eigenvalue weighted by Crippen LogP contribution is -2.46. The van der Waals surface area contributed by atoms with Crippen molar-refractivity contribution in [3.8, 4) is 0 Å². The standard InChI is InChI=1S/C13H17BrN2O.ClH/c1-13(7-2-8-15-9-13)12(17)16-11-5-3-10(14)4-6-11;/h3-6,15H,2,7-9H2,1H3,(H,16,17);1H. The fourth-order valence-corrected chi connectivity index (χ4v) is 2.33. The van der Waals surface area contributed by atoms with Gasteiger partial charge in [0.05, 0.1) is 5.41 Å². The number of hydrogen-bond acceptors (Lipinski definition) is 2. The normalized spacial score (nSPS) is 23.0. The highest BCUT2D eigenvalue weighted by molar-refractivity contribution is 9.10. The first kappa shape index (κ1) is 15.5. The smallest absolute Gasteiger partial charge is 0.231 e. The SMILES string of the molecule is CC1(C(=O)Nc2ccc(Br)cc2)CCCNC1.Cl. The molecule has 18 heavy (non-hydrogen) atoms. The number of benzene rings is 1. The molecule has 1 fully saturated rings. The summed E-state index contributed by atoms with van der Waals surface area (Å²) >= 11 is 3.38. The lowest BCUT2D eigenvalue weighted by atomic mass is 9.82. The largest absolute Gasteiger partial charge is 0.326 e. The summed E-state index contributed by atoms with van der Waals surface area (Å²) < 4.78 is 1.01. The molecule has 1 atom stereocenters. The van der Waals surface area contributed by atoms with Gasteiger partial charge >= 0.3 is 0 Å². The number of halogens is 2. The van der Waals surface area contributed by atoms with E-state index in [4.69, 9.17) is 0 Å². The Bertz CT molecular complexity index is 402. The van der Waals surface area contributed by atoms with Crippen molar-refractivity contribution in [2.45, 2.75) is 19.8 Å². The molecule has 2 N–H and O–H groups in total. The fourth-order valence-electron chi connectivity index (χ4n) is 2.07. The molecule has 0 saturated carbocycles. The van der Waals surface area contributed by atoms with Crippen molar-refractivity contribution >= 4 is 39.9 Å². The van der Waals surface area contributed by atoms with E-state index in [1.807, 2.05) is 31.2 Å². The molecule has 0 radical (unpaired) electrons. The van der Waals surface area contributed by atoms with E-state index in [1.165, 1.54) is 0 Å². The van der Waals surface area contributed by atoms with Crippen molar-refractivity contribution in [1.29, 1.82) is 0 Å². The van der Waals surface area contributed by atoms with Crippen LogP contribution in [-0.4, -0.2) is 19.0 Å². The maximum absolute atomic E-state index is 12.2. The molecule has 3 nitrogen and oxygen atoms in total. The third-order valence-corrected chi connectivity index (χ3v) is 3.78. The lowest BCUT2D eigenvalue weighted by Gasteiger charge is -2.32. The summed E-state index contributed by atoms with van der Waals surface area (Å²) in [6.07, 6.45) is 2.01. The van der Waals surface area contributed by atoms with Crippen LogP contribution in [0.1, 0.15) is 19.8 Å². The maximum atomic E-state index is 12.2. The summed E-state index contributed by atoms with van der Waals surface area (Å²) in [5.74, 6) is 0.104. The van der Waals surface area contributed by atoms with Crippen LogP contribution in [0.15, 0.2) is 28.7 Å². The minimum atomic E-state index is -0.286. The Hall–Kier alpha value is -0.580. The molecule has 0 bridgehead atoms. The lowest BCUT2D eigenvalue weighted by molar-refractivity contribution is -0.125. The minimum Gasteiger partial charge on any atom is -0.326 e. The Morgan fingerprint density at radius 2 is 2.06 bits per heavy atom. The van der Waals surface area contributed by atoms with Crippen LogP contribution < -0.4 is 10.6 Å². The number of carbonyl (C=O) groups is 1. The van der Waals surface area contributed by atoms with E-state index < -0.39 is 0 Å². The zero-order valence-corrected chi connectivity index (χ0v) is 12.7. The number of amides is 1. The van der Waals surface area contributed by atoms with Crippen molar-refractivity contribution in [2.24, 2.45) is 5.41 Å². The highest BCUT2D eigenvalue weighted by atomic mass is 79.9. The van der Waals surface area contributed by atoms with Crippen LogP contribution in [0.2, 0.25) is 0 Å². The van der Waals surface area contributed by atoms with E-state index in [9.17, 15) is 4.79 Å². The second-order valence-corrected chi connectivity index (χ2v) is 5.72. The zero-order chi connectivity index (χ0) is 12.3. The van der Waals surface area contributed by atoms with Crippen LogP contribution in [0.5, 0.6) is 0 Å². The number of nitrogens with one attached hydrogen (secondary N) is 2. The van der Waals surface area contributed by atoms with Gasteiger partial charge in [-0.3, -0.25) is 4.79 Å². The molecule has 1 aromatic rings. The Labute approximate surface area is 122 Å². The van der Waals surface area contributed by atoms with Gasteiger partial charge in [-0.05, 0) is 50.6 Å². The monoisotopic (exact) mass is 332 g/mol. The first-order valence-corrected chi connectivity index (χ1v) is 6.67. The van der Waals surface area contributed by atoms with Crippen molar-refractivity contribution in [3.05, 3.63) is 28.7 Å². The van der Waals surface area contributed by atoms with Crippen LogP contribution >= 0.6 is 28.3 Å². The third kappa shape index (κ3) is 3.70. The van der Waals surface area contributed by atoms with E-state index in [2.05, 4.69) is 26.6 Å². The first-order valence-electron chi connectivity index (χ1n) is 5.88. The van der Waals surface area contributed by atoms with Gasteiger partial charge < -0.3 is 10.6 Å². The van der Waals surface area contributed by atoms with Crippen molar-refractivity contribution in [3.63, 3.8) is 0 Å². The second kappa shape index (κ2) is 6.55. The summed E-state index contributed by atoms with van der Waals surface area (Å²) in [5.41, 5.74) is 0.565. The molecular formula is C13H18BrClN2O. The predicted molar refractivity (Wildman–Crippen MR) is 80.2 cm³/mol. The third-order valence-electron chi connectivity index (χ3n) is 3.25. The molecule has 1 aliphatic heterocycles. The van der Waals surface area contributed by atoms with Gasteiger partial charge in [0, 0.05) is 16.7 Å². The highest BCUT2D eigenvalue weighted by Gasteiger charge is 2.34. The molecule has 2 rings (SSSR count). The maximum Gasteiger partial charge on any atom is 0.231 e. The van der Waals surface area contributed by atoms with Crippen molar-refractivity contribution < 1.29 is 4.79 Å². The summed E-state index contributed by atoms with van der Waals surface area (Å²) in [5, 5.41) is 6.26. The Balaban J connectivity index is 0.00000162. The van der Waals surface area contributed by atoms with Crippen molar-refractivity contribution in [2.75, 3.05) is 18.4 Å². The fraction of sp³-hybridized carbons (Fsp3) is 0.462. The summed E-state index contributed by atoms with van der Waals surface area (Å²) in [4.78, 5) is 12.2. The van der Waals surface area contributed by atoms with E-state index in [0.29, 0.717) is 0 Å². The number of rotatable bonds is 2. The number of carbonyl (C=O) groups excluding carboxylic acids is 1. The van der Waals surface area contributed by atoms with Gasteiger partial charge in [0.2, 0.25) is 5.91 Å². The summed E-state index contributed by atoms with van der Waals surface area (Å²) in [6.45, 7) is 3.80. The molecule has 1 aliphatic rings. The summed E-state index contributed by atoms with van der Waals surface area (Å²) in [6, 6.07) is 7.66. The zero-order valence-electron chi connectivity index (χ0n) is 10.3. The average molecular weight is 334 g/mol. The number of anilines is 1. The molecule has 1 aromatic carbocycles. The molecule has 0 aliphatic carbocycles. The second-order valence-electron chi connectivity index (χ2n) is 4.80. The van der Waals surface area contributed by atoms with Gasteiger partial charge in [-0.15, -0.1) is 12.4 Å². The van der Waals surface area contributed by atoms with Crippen LogP contribution in [0.25, 0.3) is 0 Å². The molecule has 1 heterocycles. The van der Waals surface area contributed by atoms with E-state index in [-0.39, 0.29) is 23.7 Å². The predicted octanol–water partition coefficient (Wildman–Crippen LogP) is 3.20. The molecule has 0 spiro atoms. The molecule has 1 amide bonds. The van der Waals surface area contributed by atoms with Gasteiger partial charge in [-0.1, -0.05) is 15.9 Å². The van der Waals surface area contributed by atoms with Crippen LogP contribution in [0.4, 0.5) is 5.69 Å². The van der Waals surface area contributed by atoms with Crippen LogP contribution in [0.3, 0.4) is 0 Å². The summed E-state index contributed by atoms with van der Waals surface area (Å²) in [7, 11) is 0. The van der Waals surface area contributed by atoms with Gasteiger partial charge in [0.25, 0.3) is 0 Å². The van der Waals surface area contributed by atoms with Crippen molar-refractivity contribution in [1.82, 2.24) is 5.32 Å². The first-order chi connectivity index (χ1) is 8.10. The topological polar surface area (TPSA) is 41.1 Å². The molecule has 1 saturated heterocycles. The molecule has 100 valence electrons. The Kier molecular flexibility index (Phi) is 5.63. The molecule has 1 unspecified atom stereocenters. The van der Waals surface area contributed by atoms with Gasteiger partial charge in [0.15, 0.2) is 0 Å². The molecule has 0 aromatic heterocycles. The molecular weight excluding hydrogens is 316 g/mol.